The van der Waals surface area contributed by atoms with Crippen molar-refractivity contribution in [2.45, 2.75) is 51.7 Å². The molecule has 4 rings (SSSR count). The first-order chi connectivity index (χ1) is 12.5. The van der Waals surface area contributed by atoms with Crippen LogP contribution in [0.5, 0.6) is 5.75 Å². The van der Waals surface area contributed by atoms with E-state index in [-0.39, 0.29) is 5.41 Å². The van der Waals surface area contributed by atoms with Crippen molar-refractivity contribution in [3.05, 3.63) is 41.5 Å². The summed E-state index contributed by atoms with van der Waals surface area (Å²) in [7, 11) is 1.68. The lowest BCUT2D eigenvalue weighted by Crippen LogP contribution is -2.57. The molecular formula is C22H28O4. The van der Waals surface area contributed by atoms with E-state index in [1.807, 2.05) is 18.2 Å². The maximum absolute atomic E-state index is 13.2. The summed E-state index contributed by atoms with van der Waals surface area (Å²) in [5, 5.41) is 0. The van der Waals surface area contributed by atoms with Crippen LogP contribution in [0.15, 0.2) is 35.9 Å². The highest BCUT2D eigenvalue weighted by Crippen LogP contribution is 2.61. The molecule has 1 aromatic carbocycles. The molecule has 4 heteroatoms. The first-order valence-corrected chi connectivity index (χ1v) is 9.59. The van der Waals surface area contributed by atoms with E-state index in [0.717, 1.165) is 30.6 Å². The predicted molar refractivity (Wildman–Crippen MR) is 99.1 cm³/mol. The molecule has 3 aliphatic rings. The summed E-state index contributed by atoms with van der Waals surface area (Å²) in [6, 6.07) is 8.00. The molecule has 1 aliphatic heterocycles. The Labute approximate surface area is 155 Å². The number of ketones is 1. The van der Waals surface area contributed by atoms with Gasteiger partial charge in [0.2, 0.25) is 0 Å². The van der Waals surface area contributed by atoms with Crippen molar-refractivity contribution in [1.82, 2.24) is 0 Å². The number of para-hydroxylation sites is 1. The molecule has 4 nitrogen and oxygen atoms in total. The fourth-order valence-corrected chi connectivity index (χ4v) is 5.40. The Morgan fingerprint density at radius 2 is 1.85 bits per heavy atom. The van der Waals surface area contributed by atoms with E-state index in [1.165, 1.54) is 5.57 Å². The van der Waals surface area contributed by atoms with Gasteiger partial charge in [-0.05, 0) is 43.4 Å². The Bertz CT molecular complexity index is 746. The molecule has 2 atom stereocenters. The van der Waals surface area contributed by atoms with Crippen molar-refractivity contribution in [1.29, 1.82) is 0 Å². The van der Waals surface area contributed by atoms with Gasteiger partial charge >= 0.3 is 0 Å². The molecule has 0 N–H and O–H groups in total. The van der Waals surface area contributed by atoms with Gasteiger partial charge in [0.1, 0.15) is 11.5 Å². The second-order valence-electron chi connectivity index (χ2n) is 8.18. The third kappa shape index (κ3) is 2.39. The monoisotopic (exact) mass is 356 g/mol. The van der Waals surface area contributed by atoms with Crippen LogP contribution in [0.4, 0.5) is 0 Å². The summed E-state index contributed by atoms with van der Waals surface area (Å²) in [6.45, 7) is 5.61. The Morgan fingerprint density at radius 1 is 1.12 bits per heavy atom. The number of methoxy groups -OCH3 is 1. The lowest BCUT2D eigenvalue weighted by Gasteiger charge is -2.55. The lowest BCUT2D eigenvalue weighted by atomic mass is 9.52. The quantitative estimate of drug-likeness (QED) is 0.766. The fourth-order valence-electron chi connectivity index (χ4n) is 5.40. The number of carbonyl (C=O) groups is 1. The van der Waals surface area contributed by atoms with Crippen LogP contribution >= 0.6 is 0 Å². The van der Waals surface area contributed by atoms with Crippen molar-refractivity contribution in [2.75, 3.05) is 20.3 Å². The van der Waals surface area contributed by atoms with Gasteiger partial charge in [0, 0.05) is 18.3 Å². The van der Waals surface area contributed by atoms with Gasteiger partial charge < -0.3 is 14.2 Å². The van der Waals surface area contributed by atoms with E-state index in [0.29, 0.717) is 31.8 Å². The van der Waals surface area contributed by atoms with Crippen molar-refractivity contribution in [3.63, 3.8) is 0 Å². The number of Topliss-reactive ketones (excluding diaryl/α,β-unsaturated/α-hetero) is 1. The van der Waals surface area contributed by atoms with Crippen molar-refractivity contribution in [2.24, 2.45) is 10.8 Å². The maximum atomic E-state index is 13.2. The number of hydrogen-bond donors (Lipinski definition) is 0. The minimum atomic E-state index is -0.570. The SMILES string of the molecule is COc1ccccc1C[C@]1(C)C(=O)CC[C@@]2(C)C1=CCCC21OCCO1. The molecule has 1 spiro atoms. The largest absolute Gasteiger partial charge is 0.496 e. The highest BCUT2D eigenvalue weighted by atomic mass is 16.7. The molecule has 26 heavy (non-hydrogen) atoms. The maximum Gasteiger partial charge on any atom is 0.177 e. The van der Waals surface area contributed by atoms with E-state index >= 15 is 0 Å². The number of fused-ring (bicyclic) bond motifs is 2. The van der Waals surface area contributed by atoms with Crippen LogP contribution in [-0.2, 0) is 20.7 Å². The first kappa shape index (κ1) is 17.7. The zero-order chi connectivity index (χ0) is 18.4. The van der Waals surface area contributed by atoms with Gasteiger partial charge in [-0.15, -0.1) is 0 Å². The van der Waals surface area contributed by atoms with E-state index in [2.05, 4.69) is 26.0 Å². The Balaban J connectivity index is 1.77. The third-order valence-electron chi connectivity index (χ3n) is 6.81. The van der Waals surface area contributed by atoms with Crippen LogP contribution in [-0.4, -0.2) is 31.9 Å². The highest BCUT2D eigenvalue weighted by molar-refractivity contribution is 5.90. The summed E-state index contributed by atoms with van der Waals surface area (Å²) < 4.78 is 17.9. The van der Waals surface area contributed by atoms with Gasteiger partial charge in [0.15, 0.2) is 5.79 Å². The van der Waals surface area contributed by atoms with Crippen molar-refractivity contribution >= 4 is 5.78 Å². The average molecular weight is 356 g/mol. The van der Waals surface area contributed by atoms with Crippen molar-refractivity contribution < 1.29 is 19.0 Å². The topological polar surface area (TPSA) is 44.8 Å². The second kappa shape index (κ2) is 6.21. The van der Waals surface area contributed by atoms with Gasteiger partial charge in [0.05, 0.1) is 25.7 Å². The molecule has 0 bridgehead atoms. The summed E-state index contributed by atoms with van der Waals surface area (Å²) in [4.78, 5) is 13.2. The van der Waals surface area contributed by atoms with E-state index in [9.17, 15) is 4.79 Å². The molecule has 1 saturated heterocycles. The molecule has 2 fully saturated rings. The van der Waals surface area contributed by atoms with Crippen LogP contribution in [0.25, 0.3) is 0 Å². The normalized spacial score (nSPS) is 33.0. The molecular weight excluding hydrogens is 328 g/mol. The molecule has 2 aliphatic carbocycles. The van der Waals surface area contributed by atoms with Gasteiger partial charge in [-0.2, -0.15) is 0 Å². The molecule has 1 heterocycles. The Kier molecular flexibility index (Phi) is 4.24. The number of benzene rings is 1. The lowest BCUT2D eigenvalue weighted by molar-refractivity contribution is -0.237. The molecule has 140 valence electrons. The smallest absolute Gasteiger partial charge is 0.177 e. The zero-order valence-electron chi connectivity index (χ0n) is 16.0. The fraction of sp³-hybridized carbons (Fsp3) is 0.591. The third-order valence-corrected chi connectivity index (χ3v) is 6.81. The van der Waals surface area contributed by atoms with Gasteiger partial charge in [-0.1, -0.05) is 31.2 Å². The zero-order valence-corrected chi connectivity index (χ0v) is 16.0. The predicted octanol–water partition coefficient (Wildman–Crippen LogP) is 4.08. The molecule has 0 unspecified atom stereocenters. The minimum Gasteiger partial charge on any atom is -0.496 e. The summed E-state index contributed by atoms with van der Waals surface area (Å²) in [5.74, 6) is 0.579. The van der Waals surface area contributed by atoms with Crippen LogP contribution in [0.2, 0.25) is 0 Å². The van der Waals surface area contributed by atoms with Gasteiger partial charge in [0.25, 0.3) is 0 Å². The standard InChI is InChI=1S/C22H28O4/c1-20(15-16-7-4-5-8-17(16)24-3)18-9-6-11-22(25-13-14-26-22)21(18,2)12-10-19(20)23/h4-5,7-9H,6,10-15H2,1-3H3/t20-,21-/m0/s1. The summed E-state index contributed by atoms with van der Waals surface area (Å²) in [5.41, 5.74) is 1.46. The van der Waals surface area contributed by atoms with Crippen LogP contribution in [0.3, 0.4) is 0 Å². The van der Waals surface area contributed by atoms with E-state index < -0.39 is 11.2 Å². The molecule has 1 aromatic rings. The van der Waals surface area contributed by atoms with Gasteiger partial charge in [-0.25, -0.2) is 0 Å². The average Bonchev–Trinajstić information content (AvgIpc) is 3.11. The van der Waals surface area contributed by atoms with Crippen LogP contribution < -0.4 is 4.74 Å². The van der Waals surface area contributed by atoms with Crippen molar-refractivity contribution in [3.8, 4) is 5.75 Å². The van der Waals surface area contributed by atoms with E-state index in [4.69, 9.17) is 14.2 Å². The molecule has 0 aromatic heterocycles. The van der Waals surface area contributed by atoms with E-state index in [1.54, 1.807) is 7.11 Å². The molecule has 0 radical (unpaired) electrons. The minimum absolute atomic E-state index is 0.258. The molecule has 0 amide bonds. The number of ether oxygens (including phenoxy) is 3. The Morgan fingerprint density at radius 3 is 2.58 bits per heavy atom. The number of hydrogen-bond acceptors (Lipinski definition) is 4. The Hall–Kier alpha value is -1.65. The molecule has 1 saturated carbocycles. The van der Waals surface area contributed by atoms with Crippen LogP contribution in [0, 0.1) is 10.8 Å². The summed E-state index contributed by atoms with van der Waals surface area (Å²) in [6.07, 6.45) is 6.04. The highest BCUT2D eigenvalue weighted by Gasteiger charge is 2.62. The first-order valence-electron chi connectivity index (χ1n) is 9.59. The number of carbonyl (C=O) groups excluding carboxylic acids is 1. The number of rotatable bonds is 3. The number of allylic oxidation sites excluding steroid dienone is 1. The van der Waals surface area contributed by atoms with Crippen LogP contribution in [0.1, 0.15) is 45.1 Å². The summed E-state index contributed by atoms with van der Waals surface area (Å²) >= 11 is 0. The van der Waals surface area contributed by atoms with Gasteiger partial charge in [-0.3, -0.25) is 4.79 Å². The second-order valence-corrected chi connectivity index (χ2v) is 8.18.